The Balaban J connectivity index is 2.16. The first kappa shape index (κ1) is 14.5. The van der Waals surface area contributed by atoms with Crippen LogP contribution in [0.25, 0.3) is 0 Å². The van der Waals surface area contributed by atoms with E-state index in [1.807, 2.05) is 24.3 Å². The fourth-order valence-corrected chi connectivity index (χ4v) is 4.84. The van der Waals surface area contributed by atoms with Crippen LogP contribution in [0.5, 0.6) is 0 Å². The van der Waals surface area contributed by atoms with Crippen molar-refractivity contribution >= 4 is 31.7 Å². The molecule has 6 heteroatoms. The molecule has 0 unspecified atom stereocenters. The van der Waals surface area contributed by atoms with E-state index in [4.69, 9.17) is 0 Å². The molecule has 0 aromatic heterocycles. The number of carboxylic acids is 1. The molecule has 4 nitrogen and oxygen atoms in total. The van der Waals surface area contributed by atoms with Crippen LogP contribution < -0.4 is 0 Å². The Morgan fingerprint density at radius 1 is 1.47 bits per heavy atom. The van der Waals surface area contributed by atoms with Crippen LogP contribution in [0.4, 0.5) is 0 Å². The summed E-state index contributed by atoms with van der Waals surface area (Å²) >= 11 is 3.35. The summed E-state index contributed by atoms with van der Waals surface area (Å²) in [4.78, 5) is 11.4. The predicted molar refractivity (Wildman–Crippen MR) is 75.7 cm³/mol. The minimum atomic E-state index is -3.05. The van der Waals surface area contributed by atoms with Crippen molar-refractivity contribution in [1.29, 1.82) is 0 Å². The van der Waals surface area contributed by atoms with Gasteiger partial charge in [0.1, 0.15) is 0 Å². The topological polar surface area (TPSA) is 71.4 Å². The minimum Gasteiger partial charge on any atom is -0.481 e. The van der Waals surface area contributed by atoms with Crippen LogP contribution in [0.1, 0.15) is 12.0 Å². The summed E-state index contributed by atoms with van der Waals surface area (Å²) in [7, 11) is -3.05. The van der Waals surface area contributed by atoms with Gasteiger partial charge in [-0.05, 0) is 36.5 Å². The average Bonchev–Trinajstić information content (AvgIpc) is 2.66. The summed E-state index contributed by atoms with van der Waals surface area (Å²) in [5.74, 6) is -1.71. The number of carboxylic acid groups (broad SMARTS) is 1. The molecule has 1 heterocycles. The summed E-state index contributed by atoms with van der Waals surface area (Å²) < 4.78 is 23.8. The molecule has 0 saturated carbocycles. The smallest absolute Gasteiger partial charge is 0.307 e. The Bertz CT molecular complexity index is 582. The van der Waals surface area contributed by atoms with Gasteiger partial charge in [0.2, 0.25) is 0 Å². The lowest BCUT2D eigenvalue weighted by atomic mass is 9.86. The van der Waals surface area contributed by atoms with Crippen molar-refractivity contribution in [3.05, 3.63) is 34.3 Å². The van der Waals surface area contributed by atoms with Gasteiger partial charge in [-0.3, -0.25) is 4.79 Å². The second-order valence-electron chi connectivity index (χ2n) is 4.94. The molecule has 2 rings (SSSR count). The molecule has 104 valence electrons. The van der Waals surface area contributed by atoms with Crippen molar-refractivity contribution in [2.45, 2.75) is 12.8 Å². The van der Waals surface area contributed by atoms with Gasteiger partial charge >= 0.3 is 5.97 Å². The number of halogens is 1. The van der Waals surface area contributed by atoms with Crippen LogP contribution in [0, 0.1) is 11.8 Å². The summed E-state index contributed by atoms with van der Waals surface area (Å²) in [6.07, 6.45) is 0.822. The maximum Gasteiger partial charge on any atom is 0.307 e. The molecule has 0 spiro atoms. The maximum atomic E-state index is 11.5. The summed E-state index contributed by atoms with van der Waals surface area (Å²) in [5, 5.41) is 9.33. The molecule has 1 fully saturated rings. The van der Waals surface area contributed by atoms with Crippen LogP contribution in [0.2, 0.25) is 0 Å². The predicted octanol–water partition coefficient (Wildman–Crippen LogP) is 2.13. The molecule has 0 radical (unpaired) electrons. The van der Waals surface area contributed by atoms with E-state index >= 15 is 0 Å². The first-order chi connectivity index (χ1) is 8.87. The van der Waals surface area contributed by atoms with Crippen LogP contribution in [0.15, 0.2) is 28.7 Å². The second-order valence-corrected chi connectivity index (χ2v) is 8.09. The number of aliphatic carboxylic acids is 1. The van der Waals surface area contributed by atoms with Crippen molar-refractivity contribution in [2.75, 3.05) is 11.5 Å². The Morgan fingerprint density at radius 2 is 2.21 bits per heavy atom. The van der Waals surface area contributed by atoms with Crippen LogP contribution in [-0.4, -0.2) is 31.0 Å². The quantitative estimate of drug-likeness (QED) is 0.906. The van der Waals surface area contributed by atoms with Crippen LogP contribution in [-0.2, 0) is 21.1 Å². The Labute approximate surface area is 120 Å². The van der Waals surface area contributed by atoms with Crippen molar-refractivity contribution in [3.63, 3.8) is 0 Å². The van der Waals surface area contributed by atoms with Gasteiger partial charge in [0.15, 0.2) is 9.84 Å². The summed E-state index contributed by atoms with van der Waals surface area (Å²) in [6.45, 7) is 0. The van der Waals surface area contributed by atoms with Gasteiger partial charge in [-0.2, -0.15) is 0 Å². The van der Waals surface area contributed by atoms with E-state index in [9.17, 15) is 18.3 Å². The highest BCUT2D eigenvalue weighted by atomic mass is 79.9. The lowest BCUT2D eigenvalue weighted by molar-refractivity contribution is -0.143. The number of sulfone groups is 1. The van der Waals surface area contributed by atoms with Gasteiger partial charge in [-0.25, -0.2) is 8.42 Å². The Kier molecular flexibility index (Phi) is 4.30. The van der Waals surface area contributed by atoms with Crippen LogP contribution >= 0.6 is 15.9 Å². The van der Waals surface area contributed by atoms with E-state index < -0.39 is 21.7 Å². The van der Waals surface area contributed by atoms with Gasteiger partial charge in [0.05, 0.1) is 17.4 Å². The van der Waals surface area contributed by atoms with Crippen molar-refractivity contribution in [1.82, 2.24) is 0 Å². The SMILES string of the molecule is O=C(O)[C@@H](Cc1cccc(Br)c1)[C@H]1CCS(=O)(=O)C1. The van der Waals surface area contributed by atoms with Gasteiger partial charge in [-0.1, -0.05) is 28.1 Å². The maximum absolute atomic E-state index is 11.5. The van der Waals surface area contributed by atoms with E-state index in [1.54, 1.807) is 0 Å². The standard InChI is InChI=1S/C13H15BrO4S/c14-11-3-1-2-9(6-11)7-12(13(15)16)10-4-5-19(17,18)8-10/h1-3,6,10,12H,4-5,7-8H2,(H,15,16)/t10-,12-/m0/s1. The largest absolute Gasteiger partial charge is 0.481 e. The molecule has 19 heavy (non-hydrogen) atoms. The highest BCUT2D eigenvalue weighted by Gasteiger charge is 2.37. The third kappa shape index (κ3) is 3.79. The third-order valence-electron chi connectivity index (χ3n) is 3.50. The molecular weight excluding hydrogens is 332 g/mol. The molecule has 1 N–H and O–H groups in total. The Hall–Kier alpha value is -0.880. The Morgan fingerprint density at radius 3 is 2.74 bits per heavy atom. The molecule has 2 atom stereocenters. The first-order valence-electron chi connectivity index (χ1n) is 6.05. The third-order valence-corrected chi connectivity index (χ3v) is 5.79. The lowest BCUT2D eigenvalue weighted by Gasteiger charge is -2.18. The van der Waals surface area contributed by atoms with E-state index in [2.05, 4.69) is 15.9 Å². The monoisotopic (exact) mass is 346 g/mol. The van der Waals surface area contributed by atoms with E-state index in [0.717, 1.165) is 10.0 Å². The minimum absolute atomic E-state index is 0.00201. The average molecular weight is 347 g/mol. The van der Waals surface area contributed by atoms with Crippen molar-refractivity contribution < 1.29 is 18.3 Å². The normalized spacial score (nSPS) is 23.1. The number of rotatable bonds is 4. The van der Waals surface area contributed by atoms with Gasteiger partial charge in [-0.15, -0.1) is 0 Å². The number of hydrogen-bond donors (Lipinski definition) is 1. The molecule has 0 aliphatic carbocycles. The number of carbonyl (C=O) groups is 1. The van der Waals surface area contributed by atoms with E-state index in [0.29, 0.717) is 12.8 Å². The molecule has 0 bridgehead atoms. The van der Waals surface area contributed by atoms with Gasteiger partial charge < -0.3 is 5.11 Å². The molecule has 0 amide bonds. The fourth-order valence-electron chi connectivity index (χ4n) is 2.51. The first-order valence-corrected chi connectivity index (χ1v) is 8.66. The number of benzene rings is 1. The molecule has 1 aromatic carbocycles. The molecular formula is C13H15BrO4S. The van der Waals surface area contributed by atoms with Crippen molar-refractivity contribution in [3.8, 4) is 0 Å². The molecule has 1 aromatic rings. The highest BCUT2D eigenvalue weighted by Crippen LogP contribution is 2.29. The second kappa shape index (κ2) is 5.63. The van der Waals surface area contributed by atoms with Crippen LogP contribution in [0.3, 0.4) is 0 Å². The zero-order valence-electron chi connectivity index (χ0n) is 10.3. The zero-order chi connectivity index (χ0) is 14.0. The fraction of sp³-hybridized carbons (Fsp3) is 0.462. The highest BCUT2D eigenvalue weighted by molar-refractivity contribution is 9.10. The van der Waals surface area contributed by atoms with E-state index in [-0.39, 0.29) is 17.4 Å². The van der Waals surface area contributed by atoms with E-state index in [1.165, 1.54) is 0 Å². The molecule has 1 saturated heterocycles. The summed E-state index contributed by atoms with van der Waals surface area (Å²) in [6, 6.07) is 7.46. The zero-order valence-corrected chi connectivity index (χ0v) is 12.7. The molecule has 1 aliphatic heterocycles. The summed E-state index contributed by atoms with van der Waals surface area (Å²) in [5.41, 5.74) is 0.908. The number of hydrogen-bond acceptors (Lipinski definition) is 3. The lowest BCUT2D eigenvalue weighted by Crippen LogP contribution is -2.26. The van der Waals surface area contributed by atoms with Crippen molar-refractivity contribution in [2.24, 2.45) is 11.8 Å². The van der Waals surface area contributed by atoms with Gasteiger partial charge in [0, 0.05) is 4.47 Å². The molecule has 1 aliphatic rings. The van der Waals surface area contributed by atoms with Gasteiger partial charge in [0.25, 0.3) is 0 Å².